The number of carbonyl (C=O) groups excluding carboxylic acids is 1. The van der Waals surface area contributed by atoms with E-state index in [1.54, 1.807) is 36.5 Å². The van der Waals surface area contributed by atoms with Gasteiger partial charge in [-0.25, -0.2) is 4.68 Å². The van der Waals surface area contributed by atoms with E-state index in [1.807, 2.05) is 0 Å². The molecule has 0 radical (unpaired) electrons. The van der Waals surface area contributed by atoms with Crippen LogP contribution >= 0.6 is 0 Å². The normalized spacial score (nSPS) is 10.0. The van der Waals surface area contributed by atoms with Crippen LogP contribution in [0.15, 0.2) is 36.5 Å². The molecule has 70 valence electrons. The fraction of sp³-hybridized carbons (Fsp3) is 0. The summed E-state index contributed by atoms with van der Waals surface area (Å²) in [7, 11) is 0. The highest BCUT2D eigenvalue weighted by Crippen LogP contribution is 2.14. The second-order valence-electron chi connectivity index (χ2n) is 2.82. The summed E-state index contributed by atoms with van der Waals surface area (Å²) in [4.78, 5) is 10.4. The Bertz CT molecular complexity index is 463. The molecule has 1 N–H and O–H groups in total. The largest absolute Gasteiger partial charge is 0.508 e. The van der Waals surface area contributed by atoms with Crippen LogP contribution in [0.1, 0.15) is 10.5 Å². The van der Waals surface area contributed by atoms with Crippen LogP contribution < -0.4 is 0 Å². The van der Waals surface area contributed by atoms with E-state index in [-0.39, 0.29) is 5.75 Å². The number of phenols is 1. The number of phenolic OH excluding ortho intramolecular Hbond substituents is 1. The summed E-state index contributed by atoms with van der Waals surface area (Å²) in [6, 6.07) is 8.26. The molecule has 1 heterocycles. The SMILES string of the molecule is O=Cc1ccn(-c2cccc(O)c2)n1. The maximum absolute atomic E-state index is 10.4. The number of aldehydes is 1. The first-order chi connectivity index (χ1) is 6.79. The molecule has 14 heavy (non-hydrogen) atoms. The fourth-order valence-electron chi connectivity index (χ4n) is 1.18. The zero-order valence-corrected chi connectivity index (χ0v) is 7.29. The smallest absolute Gasteiger partial charge is 0.170 e. The first-order valence-electron chi connectivity index (χ1n) is 4.10. The van der Waals surface area contributed by atoms with Crippen molar-refractivity contribution in [3.8, 4) is 11.4 Å². The van der Waals surface area contributed by atoms with E-state index in [4.69, 9.17) is 0 Å². The Balaban J connectivity index is 2.43. The summed E-state index contributed by atoms with van der Waals surface area (Å²) in [5.74, 6) is 0.172. The van der Waals surface area contributed by atoms with E-state index < -0.39 is 0 Å². The quantitative estimate of drug-likeness (QED) is 0.724. The van der Waals surface area contributed by atoms with Gasteiger partial charge in [-0.3, -0.25) is 4.79 Å². The predicted molar refractivity (Wildman–Crippen MR) is 50.6 cm³/mol. The molecule has 4 nitrogen and oxygen atoms in total. The Kier molecular flexibility index (Phi) is 2.02. The number of hydrogen-bond donors (Lipinski definition) is 1. The van der Waals surface area contributed by atoms with Crippen molar-refractivity contribution < 1.29 is 9.90 Å². The highest BCUT2D eigenvalue weighted by atomic mass is 16.3. The molecule has 0 bridgehead atoms. The van der Waals surface area contributed by atoms with Crippen molar-refractivity contribution in [2.45, 2.75) is 0 Å². The minimum Gasteiger partial charge on any atom is -0.508 e. The van der Waals surface area contributed by atoms with Crippen molar-refractivity contribution in [2.75, 3.05) is 0 Å². The van der Waals surface area contributed by atoms with Gasteiger partial charge in [-0.1, -0.05) is 6.07 Å². The summed E-state index contributed by atoms with van der Waals surface area (Å²) in [5.41, 5.74) is 1.09. The zero-order chi connectivity index (χ0) is 9.97. The number of aromatic hydroxyl groups is 1. The van der Waals surface area contributed by atoms with Crippen LogP contribution in [0.2, 0.25) is 0 Å². The Morgan fingerprint density at radius 3 is 2.86 bits per heavy atom. The Morgan fingerprint density at radius 1 is 1.36 bits per heavy atom. The lowest BCUT2D eigenvalue weighted by molar-refractivity contribution is 0.111. The average Bonchev–Trinajstić information content (AvgIpc) is 2.66. The van der Waals surface area contributed by atoms with Gasteiger partial charge in [0.1, 0.15) is 11.4 Å². The van der Waals surface area contributed by atoms with Gasteiger partial charge in [0, 0.05) is 12.3 Å². The maximum Gasteiger partial charge on any atom is 0.170 e. The van der Waals surface area contributed by atoms with Crippen LogP contribution in [0.4, 0.5) is 0 Å². The monoisotopic (exact) mass is 188 g/mol. The molecule has 0 amide bonds. The first-order valence-corrected chi connectivity index (χ1v) is 4.10. The van der Waals surface area contributed by atoms with Crippen LogP contribution in [-0.2, 0) is 0 Å². The Labute approximate surface area is 80.4 Å². The molecule has 0 spiro atoms. The van der Waals surface area contributed by atoms with E-state index in [9.17, 15) is 9.90 Å². The number of aromatic nitrogens is 2. The van der Waals surface area contributed by atoms with E-state index in [0.717, 1.165) is 5.69 Å². The molecule has 1 aromatic heterocycles. The van der Waals surface area contributed by atoms with Crippen LogP contribution in [0, 0.1) is 0 Å². The van der Waals surface area contributed by atoms with Gasteiger partial charge in [0.15, 0.2) is 6.29 Å². The molecule has 0 aliphatic carbocycles. The molecule has 0 atom stereocenters. The standard InChI is InChI=1S/C10H8N2O2/c13-7-8-4-5-12(11-8)9-2-1-3-10(14)6-9/h1-7,14H. The zero-order valence-electron chi connectivity index (χ0n) is 7.29. The predicted octanol–water partition coefficient (Wildman–Crippen LogP) is 1.39. The summed E-state index contributed by atoms with van der Waals surface area (Å²) in [6.45, 7) is 0. The third kappa shape index (κ3) is 1.50. The number of rotatable bonds is 2. The summed E-state index contributed by atoms with van der Waals surface area (Å²) in [6.07, 6.45) is 2.35. The minimum atomic E-state index is 0.172. The highest BCUT2D eigenvalue weighted by molar-refractivity contribution is 5.71. The third-order valence-corrected chi connectivity index (χ3v) is 1.82. The fourth-order valence-corrected chi connectivity index (χ4v) is 1.18. The van der Waals surface area contributed by atoms with Crippen molar-refractivity contribution in [1.29, 1.82) is 0 Å². The molecule has 0 saturated heterocycles. The third-order valence-electron chi connectivity index (χ3n) is 1.82. The molecule has 0 unspecified atom stereocenters. The van der Waals surface area contributed by atoms with E-state index >= 15 is 0 Å². The van der Waals surface area contributed by atoms with Crippen molar-refractivity contribution in [3.05, 3.63) is 42.2 Å². The van der Waals surface area contributed by atoms with Gasteiger partial charge in [0.25, 0.3) is 0 Å². The van der Waals surface area contributed by atoms with Gasteiger partial charge in [-0.15, -0.1) is 0 Å². The van der Waals surface area contributed by atoms with Gasteiger partial charge >= 0.3 is 0 Å². The first kappa shape index (κ1) is 8.50. The molecular weight excluding hydrogens is 180 g/mol. The number of hydrogen-bond acceptors (Lipinski definition) is 3. The summed E-state index contributed by atoms with van der Waals surface area (Å²) >= 11 is 0. The molecule has 2 rings (SSSR count). The van der Waals surface area contributed by atoms with Crippen molar-refractivity contribution in [1.82, 2.24) is 9.78 Å². The molecule has 0 aliphatic rings. The van der Waals surface area contributed by atoms with Crippen LogP contribution in [0.5, 0.6) is 5.75 Å². The lowest BCUT2D eigenvalue weighted by atomic mass is 10.3. The van der Waals surface area contributed by atoms with Gasteiger partial charge in [-0.2, -0.15) is 5.10 Å². The highest BCUT2D eigenvalue weighted by Gasteiger charge is 2.00. The molecule has 0 fully saturated rings. The second kappa shape index (κ2) is 3.33. The lowest BCUT2D eigenvalue weighted by Gasteiger charge is -2.00. The molecule has 0 saturated carbocycles. The Morgan fingerprint density at radius 2 is 2.21 bits per heavy atom. The van der Waals surface area contributed by atoms with Crippen LogP contribution in [-0.4, -0.2) is 21.2 Å². The molecular formula is C10H8N2O2. The van der Waals surface area contributed by atoms with E-state index in [1.165, 1.54) is 4.68 Å². The molecule has 2 aromatic rings. The minimum absolute atomic E-state index is 0.172. The lowest BCUT2D eigenvalue weighted by Crippen LogP contribution is -1.94. The van der Waals surface area contributed by atoms with Crippen molar-refractivity contribution in [3.63, 3.8) is 0 Å². The molecule has 0 aliphatic heterocycles. The molecule has 4 heteroatoms. The number of benzene rings is 1. The van der Waals surface area contributed by atoms with Crippen LogP contribution in [0.25, 0.3) is 5.69 Å². The topological polar surface area (TPSA) is 55.1 Å². The van der Waals surface area contributed by atoms with Crippen LogP contribution in [0.3, 0.4) is 0 Å². The van der Waals surface area contributed by atoms with Gasteiger partial charge in [-0.05, 0) is 18.2 Å². The number of carbonyl (C=O) groups is 1. The summed E-state index contributed by atoms with van der Waals surface area (Å²) < 4.78 is 1.53. The molecule has 1 aromatic carbocycles. The second-order valence-corrected chi connectivity index (χ2v) is 2.82. The van der Waals surface area contributed by atoms with E-state index in [0.29, 0.717) is 12.0 Å². The summed E-state index contributed by atoms with van der Waals surface area (Å²) in [5, 5.41) is 13.2. The van der Waals surface area contributed by atoms with Gasteiger partial charge < -0.3 is 5.11 Å². The Hall–Kier alpha value is -2.10. The maximum atomic E-state index is 10.4. The average molecular weight is 188 g/mol. The van der Waals surface area contributed by atoms with E-state index in [2.05, 4.69) is 5.10 Å². The van der Waals surface area contributed by atoms with Gasteiger partial charge in [0.2, 0.25) is 0 Å². The number of nitrogens with zero attached hydrogens (tertiary/aromatic N) is 2. The van der Waals surface area contributed by atoms with Crippen molar-refractivity contribution in [2.24, 2.45) is 0 Å². The van der Waals surface area contributed by atoms with Crippen molar-refractivity contribution >= 4 is 6.29 Å². The van der Waals surface area contributed by atoms with Gasteiger partial charge in [0.05, 0.1) is 5.69 Å².